The van der Waals surface area contributed by atoms with Crippen LogP contribution >= 0.6 is 0 Å². The summed E-state index contributed by atoms with van der Waals surface area (Å²) in [6.07, 6.45) is 0.175. The van der Waals surface area contributed by atoms with Crippen molar-refractivity contribution in [1.82, 2.24) is 0 Å². The fourth-order valence-electron chi connectivity index (χ4n) is 0.623. The summed E-state index contributed by atoms with van der Waals surface area (Å²) >= 11 is 0. The molecule has 0 aliphatic heterocycles. The Balaban J connectivity index is 4.05. The highest BCUT2D eigenvalue weighted by atomic mass is 28.3. The fourth-order valence-corrected chi connectivity index (χ4v) is 1.24. The molecule has 74 valence electrons. The third kappa shape index (κ3) is 7.56. The lowest BCUT2D eigenvalue weighted by atomic mass is 10.2. The normalized spacial score (nSPS) is 12.7. The summed E-state index contributed by atoms with van der Waals surface area (Å²) in [4.78, 5) is 10.8. The van der Waals surface area contributed by atoms with Gasteiger partial charge in [-0.3, -0.25) is 4.79 Å². The van der Waals surface area contributed by atoms with E-state index in [0.29, 0.717) is 0 Å². The monoisotopic (exact) mass is 199 g/mol. The number of rotatable bonds is 2. The van der Waals surface area contributed by atoms with Crippen LogP contribution in [0.5, 0.6) is 0 Å². The minimum atomic E-state index is -1.37. The van der Waals surface area contributed by atoms with Gasteiger partial charge in [0.1, 0.15) is 8.07 Å². The number of carbonyl (C=O) groups is 1. The number of hydrogen-bond donors (Lipinski definition) is 1. The molecule has 2 N–H and O–H groups in total. The van der Waals surface area contributed by atoms with Crippen molar-refractivity contribution in [3.63, 3.8) is 0 Å². The first-order valence-corrected chi connectivity index (χ1v) is 7.70. The van der Waals surface area contributed by atoms with Crippen LogP contribution in [0.4, 0.5) is 0 Å². The van der Waals surface area contributed by atoms with Crippen LogP contribution in [0.1, 0.15) is 6.42 Å². The Bertz CT molecular complexity index is 234. The van der Waals surface area contributed by atoms with Gasteiger partial charge in [0.2, 0.25) is 0 Å². The van der Waals surface area contributed by atoms with E-state index in [2.05, 4.69) is 35.8 Å². The van der Waals surface area contributed by atoms with Gasteiger partial charge in [-0.05, 0) is 0 Å². The van der Waals surface area contributed by atoms with Gasteiger partial charge in [0.05, 0.1) is 19.6 Å². The van der Waals surface area contributed by atoms with Crippen molar-refractivity contribution in [3.05, 3.63) is 0 Å². The second-order valence-electron chi connectivity index (χ2n) is 3.91. The van der Waals surface area contributed by atoms with E-state index >= 15 is 0 Å². The quantitative estimate of drug-likeness (QED) is 0.406. The van der Waals surface area contributed by atoms with Crippen LogP contribution < -0.4 is 5.73 Å². The highest BCUT2D eigenvalue weighted by Gasteiger charge is 2.10. The maximum Gasteiger partial charge on any atom is 0.308 e. The summed E-state index contributed by atoms with van der Waals surface area (Å²) in [6.45, 7) is 6.39. The molecule has 0 radical (unpaired) electrons. The Morgan fingerprint density at radius 1 is 1.54 bits per heavy atom. The van der Waals surface area contributed by atoms with E-state index in [4.69, 9.17) is 5.73 Å². The Morgan fingerprint density at radius 3 is 2.46 bits per heavy atom. The zero-order chi connectivity index (χ0) is 10.5. The van der Waals surface area contributed by atoms with E-state index in [-0.39, 0.29) is 18.4 Å². The number of esters is 1. The van der Waals surface area contributed by atoms with Crippen molar-refractivity contribution in [2.45, 2.75) is 32.1 Å². The molecule has 4 heteroatoms. The molecule has 0 saturated heterocycles. The maximum atomic E-state index is 10.8. The number of ether oxygens (including phenoxy) is 1. The summed E-state index contributed by atoms with van der Waals surface area (Å²) in [5, 5.41) is 0. The molecule has 0 bridgehead atoms. The van der Waals surface area contributed by atoms with E-state index in [9.17, 15) is 4.79 Å². The first-order valence-electron chi connectivity index (χ1n) is 4.20. The highest BCUT2D eigenvalue weighted by molar-refractivity contribution is 6.83. The van der Waals surface area contributed by atoms with E-state index in [0.717, 1.165) is 0 Å². The Labute approximate surface area is 80.7 Å². The van der Waals surface area contributed by atoms with Crippen molar-refractivity contribution in [3.8, 4) is 11.5 Å². The van der Waals surface area contributed by atoms with Crippen LogP contribution in [-0.2, 0) is 9.53 Å². The molecule has 1 atom stereocenters. The van der Waals surface area contributed by atoms with Gasteiger partial charge in [0.25, 0.3) is 0 Å². The van der Waals surface area contributed by atoms with Crippen molar-refractivity contribution in [1.29, 1.82) is 0 Å². The molecule has 0 spiro atoms. The van der Waals surface area contributed by atoms with Crippen LogP contribution in [0, 0.1) is 11.5 Å². The molecule has 0 saturated carbocycles. The maximum absolute atomic E-state index is 10.8. The predicted molar refractivity (Wildman–Crippen MR) is 55.7 cm³/mol. The zero-order valence-electron chi connectivity index (χ0n) is 8.68. The summed E-state index contributed by atoms with van der Waals surface area (Å²) in [6, 6.07) is -0.390. The average Bonchev–Trinajstić information content (AvgIpc) is 1.99. The minimum Gasteiger partial charge on any atom is -0.469 e. The summed E-state index contributed by atoms with van der Waals surface area (Å²) < 4.78 is 4.48. The average molecular weight is 199 g/mol. The molecule has 0 amide bonds. The summed E-state index contributed by atoms with van der Waals surface area (Å²) in [7, 11) is -0.0262. The van der Waals surface area contributed by atoms with Crippen LogP contribution in [-0.4, -0.2) is 27.2 Å². The molecule has 0 aromatic heterocycles. The van der Waals surface area contributed by atoms with Gasteiger partial charge in [0, 0.05) is 0 Å². The molecule has 0 aliphatic carbocycles. The molecular formula is C9H17NO2Si. The zero-order valence-corrected chi connectivity index (χ0v) is 9.68. The van der Waals surface area contributed by atoms with Crippen LogP contribution in [0.3, 0.4) is 0 Å². The lowest BCUT2D eigenvalue weighted by Crippen LogP contribution is -2.25. The Morgan fingerprint density at radius 2 is 2.08 bits per heavy atom. The van der Waals surface area contributed by atoms with Gasteiger partial charge in [0.15, 0.2) is 0 Å². The van der Waals surface area contributed by atoms with Gasteiger partial charge in [-0.15, -0.1) is 5.54 Å². The topological polar surface area (TPSA) is 52.3 Å². The lowest BCUT2D eigenvalue weighted by Gasteiger charge is -2.06. The third-order valence-electron chi connectivity index (χ3n) is 1.25. The van der Waals surface area contributed by atoms with E-state index in [1.54, 1.807) is 0 Å². The van der Waals surface area contributed by atoms with Crippen LogP contribution in [0.25, 0.3) is 0 Å². The van der Waals surface area contributed by atoms with E-state index in [1.807, 2.05) is 0 Å². The fraction of sp³-hybridized carbons (Fsp3) is 0.667. The van der Waals surface area contributed by atoms with Gasteiger partial charge >= 0.3 is 5.97 Å². The van der Waals surface area contributed by atoms with Crippen LogP contribution in [0.15, 0.2) is 0 Å². The molecule has 0 aromatic carbocycles. The molecule has 1 unspecified atom stereocenters. The van der Waals surface area contributed by atoms with Crippen LogP contribution in [0.2, 0.25) is 19.6 Å². The first-order chi connectivity index (χ1) is 5.85. The minimum absolute atomic E-state index is 0.175. The van der Waals surface area contributed by atoms with Gasteiger partial charge < -0.3 is 10.5 Å². The second kappa shape index (κ2) is 5.05. The first kappa shape index (κ1) is 12.2. The van der Waals surface area contributed by atoms with Gasteiger partial charge in [-0.1, -0.05) is 25.6 Å². The molecule has 0 fully saturated rings. The van der Waals surface area contributed by atoms with Gasteiger partial charge in [-0.2, -0.15) is 0 Å². The van der Waals surface area contributed by atoms with Crippen molar-refractivity contribution in [2.75, 3.05) is 7.11 Å². The molecular weight excluding hydrogens is 182 g/mol. The third-order valence-corrected chi connectivity index (χ3v) is 2.14. The predicted octanol–water partition coefficient (Wildman–Crippen LogP) is 0.758. The van der Waals surface area contributed by atoms with E-state index in [1.165, 1.54) is 7.11 Å². The lowest BCUT2D eigenvalue weighted by molar-refractivity contribution is -0.140. The summed E-state index contributed by atoms with van der Waals surface area (Å²) in [5.74, 6) is 2.57. The SMILES string of the molecule is COC(=O)CC(N)C#C[Si](C)(C)C. The smallest absolute Gasteiger partial charge is 0.308 e. The van der Waals surface area contributed by atoms with Crippen molar-refractivity contribution >= 4 is 14.0 Å². The Hall–Kier alpha value is -0.793. The second-order valence-corrected chi connectivity index (χ2v) is 8.66. The van der Waals surface area contributed by atoms with Crippen molar-refractivity contribution < 1.29 is 9.53 Å². The number of carbonyl (C=O) groups excluding carboxylic acids is 1. The van der Waals surface area contributed by atoms with E-state index < -0.39 is 8.07 Å². The molecule has 0 aromatic rings. The molecule has 3 nitrogen and oxygen atoms in total. The number of methoxy groups -OCH3 is 1. The van der Waals surface area contributed by atoms with Gasteiger partial charge in [-0.25, -0.2) is 0 Å². The largest absolute Gasteiger partial charge is 0.469 e. The number of nitrogens with two attached hydrogens (primary N) is 1. The molecule has 13 heavy (non-hydrogen) atoms. The molecule has 0 aliphatic rings. The standard InChI is InChI=1S/C9H17NO2Si/c1-12-9(11)7-8(10)5-6-13(2,3)4/h8H,7,10H2,1-4H3. The molecule has 0 rings (SSSR count). The summed E-state index contributed by atoms with van der Waals surface area (Å²) in [5.41, 5.74) is 8.71. The molecule has 0 heterocycles. The van der Waals surface area contributed by atoms with Crippen molar-refractivity contribution in [2.24, 2.45) is 5.73 Å². The Kier molecular flexibility index (Phi) is 4.74. The number of hydrogen-bond acceptors (Lipinski definition) is 3. The highest BCUT2D eigenvalue weighted by Crippen LogP contribution is 1.97.